The van der Waals surface area contributed by atoms with Gasteiger partial charge in [-0.15, -0.1) is 0 Å². The van der Waals surface area contributed by atoms with Crippen LogP contribution in [-0.4, -0.2) is 31.1 Å². The molecule has 0 aliphatic heterocycles. The second kappa shape index (κ2) is 6.91. The molecule has 0 atom stereocenters. The Labute approximate surface area is 123 Å². The Morgan fingerprint density at radius 3 is 2.20 bits per heavy atom. The summed E-state index contributed by atoms with van der Waals surface area (Å²) in [5.74, 6) is -0.0880. The summed E-state index contributed by atoms with van der Waals surface area (Å²) in [6.07, 6.45) is 1.33. The fourth-order valence-corrected chi connectivity index (χ4v) is 2.39. The lowest BCUT2D eigenvalue weighted by atomic mass is 10.1. The zero-order chi connectivity index (χ0) is 14.4. The van der Waals surface area contributed by atoms with E-state index in [1.54, 1.807) is 30.9 Å². The monoisotopic (exact) mass is 284 g/mol. The number of Topliss-reactive ketones (excluding diaryl/α,β-unsaturated/α-hetero) is 1. The third-order valence-corrected chi connectivity index (χ3v) is 3.54. The van der Waals surface area contributed by atoms with E-state index in [2.05, 4.69) is 17.2 Å². The van der Waals surface area contributed by atoms with Gasteiger partial charge in [-0.1, -0.05) is 30.0 Å². The van der Waals surface area contributed by atoms with Gasteiger partial charge in [-0.05, 0) is 36.4 Å². The lowest BCUT2D eigenvalue weighted by Crippen LogP contribution is -2.07. The zero-order valence-corrected chi connectivity index (χ0v) is 12.3. The van der Waals surface area contributed by atoms with E-state index in [-0.39, 0.29) is 5.78 Å². The van der Waals surface area contributed by atoms with Crippen LogP contribution in [0, 0.1) is 0 Å². The molecule has 102 valence electrons. The van der Waals surface area contributed by atoms with Gasteiger partial charge in [0, 0.05) is 29.4 Å². The zero-order valence-electron chi connectivity index (χ0n) is 11.5. The van der Waals surface area contributed by atoms with Crippen molar-refractivity contribution in [1.82, 2.24) is 5.01 Å². The van der Waals surface area contributed by atoms with Gasteiger partial charge in [-0.2, -0.15) is 5.10 Å². The first kappa shape index (κ1) is 14.3. The van der Waals surface area contributed by atoms with Crippen molar-refractivity contribution in [2.24, 2.45) is 5.10 Å². The average Bonchev–Trinajstić information content (AvgIpc) is 2.46. The van der Waals surface area contributed by atoms with Crippen LogP contribution in [-0.2, 0) is 0 Å². The third-order valence-electron chi connectivity index (χ3n) is 2.52. The first-order chi connectivity index (χ1) is 9.65. The molecule has 0 fully saturated rings. The Morgan fingerprint density at radius 2 is 1.60 bits per heavy atom. The molecular formula is C16H16N2OS. The van der Waals surface area contributed by atoms with Gasteiger partial charge in [0.05, 0.1) is 6.21 Å². The molecule has 0 bridgehead atoms. The molecule has 2 rings (SSSR count). The van der Waals surface area contributed by atoms with Crippen molar-refractivity contribution in [3.63, 3.8) is 0 Å². The second-order valence-corrected chi connectivity index (χ2v) is 5.54. The van der Waals surface area contributed by atoms with Crippen LogP contribution in [0.15, 0.2) is 69.5 Å². The first-order valence-electron chi connectivity index (χ1n) is 6.24. The number of rotatable bonds is 5. The number of nitrogens with zero attached hydrogens (tertiary/aromatic N) is 2. The smallest absolute Gasteiger partial charge is 0.205 e. The van der Waals surface area contributed by atoms with Crippen LogP contribution >= 0.6 is 11.8 Å². The highest BCUT2D eigenvalue weighted by atomic mass is 32.2. The van der Waals surface area contributed by atoms with E-state index in [4.69, 9.17) is 0 Å². The largest absolute Gasteiger partial charge is 0.303 e. The maximum atomic E-state index is 11.8. The van der Waals surface area contributed by atoms with E-state index in [0.717, 1.165) is 4.90 Å². The molecule has 0 radical (unpaired) electrons. The van der Waals surface area contributed by atoms with Gasteiger partial charge >= 0.3 is 0 Å². The van der Waals surface area contributed by atoms with E-state index in [0.29, 0.717) is 5.56 Å². The van der Waals surface area contributed by atoms with Gasteiger partial charge < -0.3 is 5.01 Å². The van der Waals surface area contributed by atoms with E-state index >= 15 is 0 Å². The first-order valence-corrected chi connectivity index (χ1v) is 7.05. The molecule has 20 heavy (non-hydrogen) atoms. The molecule has 2 aromatic carbocycles. The van der Waals surface area contributed by atoms with E-state index in [1.807, 2.05) is 42.5 Å². The number of carbonyl (C=O) groups is 1. The molecule has 0 amide bonds. The average molecular weight is 284 g/mol. The van der Waals surface area contributed by atoms with Crippen LogP contribution in [0.4, 0.5) is 0 Å². The van der Waals surface area contributed by atoms with Crippen LogP contribution in [0.1, 0.15) is 10.4 Å². The molecule has 2 aromatic rings. The molecule has 0 saturated carbocycles. The lowest BCUT2D eigenvalue weighted by Gasteiger charge is -2.03. The SMILES string of the molecule is CN(C)/N=C\C(=O)c1ccc(Sc2ccccc2)cc1. The lowest BCUT2D eigenvalue weighted by molar-refractivity contribution is 0.106. The molecule has 0 heterocycles. The predicted molar refractivity (Wildman–Crippen MR) is 83.5 cm³/mol. The number of hydrogen-bond acceptors (Lipinski definition) is 4. The molecule has 3 nitrogen and oxygen atoms in total. The number of ketones is 1. The molecule has 0 unspecified atom stereocenters. The van der Waals surface area contributed by atoms with Crippen LogP contribution in [0.5, 0.6) is 0 Å². The second-order valence-electron chi connectivity index (χ2n) is 4.40. The molecule has 0 aliphatic rings. The Kier molecular flexibility index (Phi) is 4.96. The Balaban J connectivity index is 2.05. The van der Waals surface area contributed by atoms with Crippen molar-refractivity contribution in [3.8, 4) is 0 Å². The normalized spacial score (nSPS) is 10.7. The number of carbonyl (C=O) groups excluding carboxylic acids is 1. The molecule has 0 saturated heterocycles. The highest BCUT2D eigenvalue weighted by Gasteiger charge is 2.03. The summed E-state index contributed by atoms with van der Waals surface area (Å²) in [4.78, 5) is 14.1. The molecular weight excluding hydrogens is 268 g/mol. The van der Waals surface area contributed by atoms with Crippen LogP contribution < -0.4 is 0 Å². The van der Waals surface area contributed by atoms with Gasteiger partial charge in [0.1, 0.15) is 0 Å². The fourth-order valence-electron chi connectivity index (χ4n) is 1.55. The summed E-state index contributed by atoms with van der Waals surface area (Å²) in [6.45, 7) is 0. The van der Waals surface area contributed by atoms with E-state index in [1.165, 1.54) is 11.1 Å². The minimum absolute atomic E-state index is 0.0880. The van der Waals surface area contributed by atoms with Gasteiger partial charge in [-0.25, -0.2) is 0 Å². The molecule has 0 N–H and O–H groups in total. The van der Waals surface area contributed by atoms with Gasteiger partial charge in [-0.3, -0.25) is 4.79 Å². The Bertz CT molecular complexity index is 592. The summed E-state index contributed by atoms with van der Waals surface area (Å²) in [6, 6.07) is 17.7. The topological polar surface area (TPSA) is 32.7 Å². The van der Waals surface area contributed by atoms with Gasteiger partial charge in [0.25, 0.3) is 0 Å². The van der Waals surface area contributed by atoms with Crippen LogP contribution in [0.25, 0.3) is 0 Å². The fraction of sp³-hybridized carbons (Fsp3) is 0.125. The third kappa shape index (κ3) is 4.24. The summed E-state index contributed by atoms with van der Waals surface area (Å²) < 4.78 is 0. The highest BCUT2D eigenvalue weighted by Crippen LogP contribution is 2.27. The summed E-state index contributed by atoms with van der Waals surface area (Å²) in [7, 11) is 3.56. The van der Waals surface area contributed by atoms with Crippen molar-refractivity contribution in [2.45, 2.75) is 9.79 Å². The van der Waals surface area contributed by atoms with Gasteiger partial charge in [0.2, 0.25) is 5.78 Å². The maximum absolute atomic E-state index is 11.8. The summed E-state index contributed by atoms with van der Waals surface area (Å²) in [5, 5.41) is 5.54. The molecule has 0 aliphatic carbocycles. The van der Waals surface area contributed by atoms with E-state index < -0.39 is 0 Å². The Hall–Kier alpha value is -2.07. The van der Waals surface area contributed by atoms with Crippen molar-refractivity contribution >= 4 is 23.8 Å². The van der Waals surface area contributed by atoms with Crippen LogP contribution in [0.3, 0.4) is 0 Å². The Morgan fingerprint density at radius 1 is 1.00 bits per heavy atom. The van der Waals surface area contributed by atoms with E-state index in [9.17, 15) is 4.79 Å². The highest BCUT2D eigenvalue weighted by molar-refractivity contribution is 7.99. The molecule has 0 aromatic heterocycles. The summed E-state index contributed by atoms with van der Waals surface area (Å²) >= 11 is 1.67. The number of benzene rings is 2. The predicted octanol–water partition coefficient (Wildman–Crippen LogP) is 3.57. The van der Waals surface area contributed by atoms with Crippen molar-refractivity contribution in [3.05, 3.63) is 60.2 Å². The standard InChI is InChI=1S/C16H16N2OS/c1-18(2)17-12-16(19)13-8-10-15(11-9-13)20-14-6-4-3-5-7-14/h3-12H,1-2H3/b17-12-. The number of hydrazone groups is 1. The molecule has 4 heteroatoms. The van der Waals surface area contributed by atoms with Crippen molar-refractivity contribution < 1.29 is 4.79 Å². The quantitative estimate of drug-likeness (QED) is 0.478. The van der Waals surface area contributed by atoms with Crippen LogP contribution in [0.2, 0.25) is 0 Å². The minimum atomic E-state index is -0.0880. The number of hydrogen-bond donors (Lipinski definition) is 0. The van der Waals surface area contributed by atoms with Gasteiger partial charge in [0.15, 0.2) is 0 Å². The molecule has 0 spiro atoms. The minimum Gasteiger partial charge on any atom is -0.303 e. The maximum Gasteiger partial charge on any atom is 0.205 e. The van der Waals surface area contributed by atoms with Crippen molar-refractivity contribution in [2.75, 3.05) is 14.1 Å². The summed E-state index contributed by atoms with van der Waals surface area (Å²) in [5.41, 5.74) is 0.646. The van der Waals surface area contributed by atoms with Crippen molar-refractivity contribution in [1.29, 1.82) is 0 Å².